The van der Waals surface area contributed by atoms with Gasteiger partial charge in [0.15, 0.2) is 0 Å². The molecule has 1 aromatic carbocycles. The fraction of sp³-hybridized carbons (Fsp3) is 0.0909. The van der Waals surface area contributed by atoms with Gasteiger partial charge in [-0.3, -0.25) is 4.79 Å². The average molecular weight is 186 g/mol. The van der Waals surface area contributed by atoms with Gasteiger partial charge in [-0.05, 0) is 6.92 Å². The number of rotatable bonds is 2. The van der Waals surface area contributed by atoms with Gasteiger partial charge in [-0.15, -0.1) is 0 Å². The van der Waals surface area contributed by atoms with Crippen LogP contribution in [0.2, 0.25) is 0 Å². The Balaban J connectivity index is 3.11. The van der Waals surface area contributed by atoms with Crippen LogP contribution in [0.5, 0.6) is 0 Å². The standard InChI is InChI=1S/C11H10N2O/c1-8(13)10(7-12)11(14)9-5-3-2-4-6-9/h2-6H,13H2,1H3. The van der Waals surface area contributed by atoms with E-state index in [4.69, 9.17) is 11.0 Å². The van der Waals surface area contributed by atoms with E-state index < -0.39 is 0 Å². The monoisotopic (exact) mass is 186 g/mol. The molecule has 0 aliphatic carbocycles. The zero-order valence-corrected chi connectivity index (χ0v) is 7.82. The molecule has 1 aromatic rings. The molecule has 1 rings (SSSR count). The quantitative estimate of drug-likeness (QED) is 0.433. The molecular weight excluding hydrogens is 176 g/mol. The molecule has 0 radical (unpaired) electrons. The number of hydrogen-bond acceptors (Lipinski definition) is 3. The summed E-state index contributed by atoms with van der Waals surface area (Å²) >= 11 is 0. The first-order chi connectivity index (χ1) is 6.66. The number of carbonyl (C=O) groups excluding carboxylic acids is 1. The number of benzene rings is 1. The summed E-state index contributed by atoms with van der Waals surface area (Å²) in [6.07, 6.45) is 0. The van der Waals surface area contributed by atoms with Gasteiger partial charge in [-0.2, -0.15) is 5.26 Å². The van der Waals surface area contributed by atoms with Gasteiger partial charge in [0.05, 0.1) is 0 Å². The molecule has 2 N–H and O–H groups in total. The predicted octanol–water partition coefficient (Wildman–Crippen LogP) is 1.63. The molecule has 0 aliphatic rings. The van der Waals surface area contributed by atoms with Crippen LogP contribution in [0.25, 0.3) is 0 Å². The van der Waals surface area contributed by atoms with Gasteiger partial charge >= 0.3 is 0 Å². The van der Waals surface area contributed by atoms with E-state index in [1.807, 2.05) is 6.07 Å². The summed E-state index contributed by atoms with van der Waals surface area (Å²) in [6.45, 7) is 1.54. The molecule has 0 spiro atoms. The SMILES string of the molecule is CC(N)=C(C#N)C(=O)c1ccccc1. The number of Topliss-reactive ketones (excluding diaryl/α,β-unsaturated/α-hetero) is 1. The Morgan fingerprint density at radius 3 is 2.36 bits per heavy atom. The molecule has 0 saturated carbocycles. The Kier molecular flexibility index (Phi) is 3.03. The first-order valence-corrected chi connectivity index (χ1v) is 4.13. The molecule has 0 amide bonds. The lowest BCUT2D eigenvalue weighted by Crippen LogP contribution is -2.08. The van der Waals surface area contributed by atoms with Crippen LogP contribution in [0.15, 0.2) is 41.6 Å². The van der Waals surface area contributed by atoms with Gasteiger partial charge < -0.3 is 5.73 Å². The van der Waals surface area contributed by atoms with Crippen molar-refractivity contribution in [3.8, 4) is 6.07 Å². The van der Waals surface area contributed by atoms with Crippen LogP contribution >= 0.6 is 0 Å². The van der Waals surface area contributed by atoms with E-state index in [1.165, 1.54) is 0 Å². The summed E-state index contributed by atoms with van der Waals surface area (Å²) in [6, 6.07) is 10.4. The third kappa shape index (κ3) is 1.99. The lowest BCUT2D eigenvalue weighted by Gasteiger charge is -1.99. The zero-order chi connectivity index (χ0) is 10.6. The van der Waals surface area contributed by atoms with Crippen LogP contribution in [0.3, 0.4) is 0 Å². The fourth-order valence-electron chi connectivity index (χ4n) is 1.05. The van der Waals surface area contributed by atoms with Crippen molar-refractivity contribution in [3.05, 3.63) is 47.2 Å². The second-order valence-corrected chi connectivity index (χ2v) is 2.86. The number of nitriles is 1. The Morgan fingerprint density at radius 1 is 1.36 bits per heavy atom. The molecule has 70 valence electrons. The Morgan fingerprint density at radius 2 is 1.93 bits per heavy atom. The third-order valence-corrected chi connectivity index (χ3v) is 1.77. The first-order valence-electron chi connectivity index (χ1n) is 4.13. The molecule has 0 aromatic heterocycles. The fourth-order valence-corrected chi connectivity index (χ4v) is 1.05. The number of nitrogens with two attached hydrogens (primary N) is 1. The van der Waals surface area contributed by atoms with Crippen LogP contribution in [0, 0.1) is 11.3 Å². The largest absolute Gasteiger partial charge is 0.401 e. The van der Waals surface area contributed by atoms with Gasteiger partial charge in [-0.25, -0.2) is 0 Å². The molecule has 0 bridgehead atoms. The average Bonchev–Trinajstić information content (AvgIpc) is 2.19. The molecule has 0 heterocycles. The van der Waals surface area contributed by atoms with Gasteiger partial charge in [0.1, 0.15) is 11.6 Å². The van der Waals surface area contributed by atoms with E-state index in [-0.39, 0.29) is 17.1 Å². The van der Waals surface area contributed by atoms with E-state index in [0.29, 0.717) is 5.56 Å². The minimum atomic E-state index is -0.326. The van der Waals surface area contributed by atoms with Gasteiger partial charge in [-0.1, -0.05) is 30.3 Å². The predicted molar refractivity (Wildman–Crippen MR) is 53.3 cm³/mol. The van der Waals surface area contributed by atoms with E-state index in [2.05, 4.69) is 0 Å². The Hall–Kier alpha value is -2.08. The van der Waals surface area contributed by atoms with E-state index in [1.54, 1.807) is 37.3 Å². The highest BCUT2D eigenvalue weighted by molar-refractivity contribution is 6.11. The molecule has 0 atom stereocenters. The molecule has 3 heteroatoms. The minimum Gasteiger partial charge on any atom is -0.401 e. The molecule has 14 heavy (non-hydrogen) atoms. The van der Waals surface area contributed by atoms with Crippen LogP contribution < -0.4 is 5.73 Å². The lowest BCUT2D eigenvalue weighted by molar-refractivity contribution is 0.103. The third-order valence-electron chi connectivity index (χ3n) is 1.77. The highest BCUT2D eigenvalue weighted by Crippen LogP contribution is 2.08. The summed E-state index contributed by atoms with van der Waals surface area (Å²) in [5, 5.41) is 8.72. The Labute approximate surface area is 82.5 Å². The van der Waals surface area contributed by atoms with Crippen molar-refractivity contribution in [1.29, 1.82) is 5.26 Å². The zero-order valence-electron chi connectivity index (χ0n) is 7.82. The van der Waals surface area contributed by atoms with E-state index in [0.717, 1.165) is 0 Å². The molecule has 0 fully saturated rings. The number of carbonyl (C=O) groups is 1. The molecule has 3 nitrogen and oxygen atoms in total. The highest BCUT2D eigenvalue weighted by Gasteiger charge is 2.12. The highest BCUT2D eigenvalue weighted by atomic mass is 16.1. The van der Waals surface area contributed by atoms with Crippen LogP contribution in [0.1, 0.15) is 17.3 Å². The van der Waals surface area contributed by atoms with Crippen molar-refractivity contribution in [2.45, 2.75) is 6.92 Å². The number of nitrogens with zero attached hydrogens (tertiary/aromatic N) is 1. The summed E-state index contributed by atoms with van der Waals surface area (Å²) < 4.78 is 0. The van der Waals surface area contributed by atoms with E-state index in [9.17, 15) is 4.79 Å². The summed E-state index contributed by atoms with van der Waals surface area (Å²) in [5.74, 6) is -0.326. The number of allylic oxidation sites excluding steroid dienone is 2. The lowest BCUT2D eigenvalue weighted by atomic mass is 10.0. The normalized spacial score (nSPS) is 11.4. The Bertz CT molecular complexity index is 409. The number of hydrogen-bond donors (Lipinski definition) is 1. The molecule has 0 saturated heterocycles. The van der Waals surface area contributed by atoms with Gasteiger partial charge in [0.25, 0.3) is 0 Å². The number of ketones is 1. The minimum absolute atomic E-state index is 0.0104. The van der Waals surface area contributed by atoms with Crippen molar-refractivity contribution in [2.24, 2.45) is 5.73 Å². The maximum Gasteiger partial charge on any atom is 0.205 e. The van der Waals surface area contributed by atoms with Crippen LogP contribution in [0.4, 0.5) is 0 Å². The second kappa shape index (κ2) is 4.24. The maximum atomic E-state index is 11.7. The second-order valence-electron chi connectivity index (χ2n) is 2.86. The summed E-state index contributed by atoms with van der Waals surface area (Å²) in [4.78, 5) is 11.7. The van der Waals surface area contributed by atoms with Crippen molar-refractivity contribution in [2.75, 3.05) is 0 Å². The summed E-state index contributed by atoms with van der Waals surface area (Å²) in [7, 11) is 0. The van der Waals surface area contributed by atoms with E-state index >= 15 is 0 Å². The first kappa shape index (κ1) is 10.0. The van der Waals surface area contributed by atoms with Crippen molar-refractivity contribution in [3.63, 3.8) is 0 Å². The van der Waals surface area contributed by atoms with Gasteiger partial charge in [0.2, 0.25) is 5.78 Å². The summed E-state index contributed by atoms with van der Waals surface area (Å²) in [5.41, 5.74) is 6.16. The van der Waals surface area contributed by atoms with Crippen molar-refractivity contribution < 1.29 is 4.79 Å². The van der Waals surface area contributed by atoms with Gasteiger partial charge in [0, 0.05) is 11.3 Å². The maximum absolute atomic E-state index is 11.7. The van der Waals surface area contributed by atoms with Crippen molar-refractivity contribution in [1.82, 2.24) is 0 Å². The van der Waals surface area contributed by atoms with Crippen LogP contribution in [-0.2, 0) is 0 Å². The van der Waals surface area contributed by atoms with Crippen LogP contribution in [-0.4, -0.2) is 5.78 Å². The smallest absolute Gasteiger partial charge is 0.205 e. The topological polar surface area (TPSA) is 66.9 Å². The molecular formula is C11H10N2O. The molecule has 0 unspecified atom stereocenters. The molecule has 0 aliphatic heterocycles. The van der Waals surface area contributed by atoms with Crippen molar-refractivity contribution >= 4 is 5.78 Å².